The quantitative estimate of drug-likeness (QED) is 0.144. The topological polar surface area (TPSA) is 79.5 Å². The highest BCUT2D eigenvalue weighted by molar-refractivity contribution is 7.80. The highest BCUT2D eigenvalue weighted by Crippen LogP contribution is 2.29. The minimum absolute atomic E-state index is 0.115. The molecule has 6 nitrogen and oxygen atoms in total. The van der Waals surface area contributed by atoms with Gasteiger partial charge in [-0.3, -0.25) is 4.79 Å². The zero-order valence-corrected chi connectivity index (χ0v) is 20.7. The average molecular weight is 517 g/mol. The molecule has 1 amide bonds. The lowest BCUT2D eigenvalue weighted by Gasteiger charge is -2.27. The number of aryl methyl sites for hydroxylation is 1. The van der Waals surface area contributed by atoms with Crippen LogP contribution in [0.1, 0.15) is 46.0 Å². The minimum atomic E-state index is -1.88. The normalized spacial score (nSPS) is 11.9. The maximum absolute atomic E-state index is 12.5. The van der Waals surface area contributed by atoms with Crippen molar-refractivity contribution < 1.29 is 14.3 Å². The van der Waals surface area contributed by atoms with Crippen molar-refractivity contribution in [2.24, 2.45) is 0 Å². The Labute approximate surface area is 207 Å². The summed E-state index contributed by atoms with van der Waals surface area (Å²) in [5.74, 6) is -0.816. The number of alkyl halides is 3. The van der Waals surface area contributed by atoms with Crippen molar-refractivity contribution in [3.63, 3.8) is 0 Å². The Morgan fingerprint density at radius 2 is 1.59 bits per heavy atom. The molecule has 0 fully saturated rings. The van der Waals surface area contributed by atoms with Gasteiger partial charge in [0.05, 0.1) is 12.2 Å². The molecule has 0 bridgehead atoms. The second-order valence-electron chi connectivity index (χ2n) is 6.98. The van der Waals surface area contributed by atoms with Crippen molar-refractivity contribution in [3.05, 3.63) is 65.2 Å². The number of rotatable bonds is 8. The number of anilines is 1. The first-order valence-electron chi connectivity index (χ1n) is 9.89. The number of thiocarbonyl (C=S) groups is 1. The van der Waals surface area contributed by atoms with E-state index in [2.05, 4.69) is 16.0 Å². The highest BCUT2D eigenvalue weighted by atomic mass is 35.6. The van der Waals surface area contributed by atoms with Gasteiger partial charge in [-0.05, 0) is 62.0 Å². The molecule has 0 radical (unpaired) electrons. The van der Waals surface area contributed by atoms with E-state index in [4.69, 9.17) is 51.8 Å². The van der Waals surface area contributed by atoms with Gasteiger partial charge in [0, 0.05) is 11.3 Å². The highest BCUT2D eigenvalue weighted by Gasteiger charge is 2.34. The fourth-order valence-electron chi connectivity index (χ4n) is 2.50. The third-order valence-electron chi connectivity index (χ3n) is 4.30. The van der Waals surface area contributed by atoms with Crippen LogP contribution in [0, 0.1) is 6.92 Å². The lowest BCUT2D eigenvalue weighted by molar-refractivity contribution is 0.0499. The van der Waals surface area contributed by atoms with Crippen molar-refractivity contribution in [2.75, 3.05) is 11.9 Å². The summed E-state index contributed by atoms with van der Waals surface area (Å²) in [5.41, 5.74) is 2.45. The van der Waals surface area contributed by atoms with Gasteiger partial charge in [0.1, 0.15) is 6.17 Å². The summed E-state index contributed by atoms with van der Waals surface area (Å²) in [5, 5.41) is 8.45. The molecule has 2 rings (SSSR count). The SMILES string of the molecule is CCCCOC(=O)c1ccc(NC(=S)NC(NC(=O)c2ccc(C)cc2)C(Cl)(Cl)Cl)cc1. The molecular weight excluding hydrogens is 493 g/mol. The molecule has 0 heterocycles. The van der Waals surface area contributed by atoms with Crippen molar-refractivity contribution in [3.8, 4) is 0 Å². The van der Waals surface area contributed by atoms with Gasteiger partial charge < -0.3 is 20.7 Å². The minimum Gasteiger partial charge on any atom is -0.462 e. The average Bonchev–Trinajstić information content (AvgIpc) is 2.73. The molecule has 1 unspecified atom stereocenters. The fraction of sp³-hybridized carbons (Fsp3) is 0.318. The van der Waals surface area contributed by atoms with Crippen molar-refractivity contribution in [1.82, 2.24) is 10.6 Å². The van der Waals surface area contributed by atoms with E-state index < -0.39 is 15.9 Å². The number of unbranched alkanes of at least 4 members (excludes halogenated alkanes) is 1. The van der Waals surface area contributed by atoms with Gasteiger partial charge in [-0.1, -0.05) is 65.8 Å². The van der Waals surface area contributed by atoms with Crippen LogP contribution in [0.5, 0.6) is 0 Å². The largest absolute Gasteiger partial charge is 0.462 e. The van der Waals surface area contributed by atoms with Gasteiger partial charge in [0.25, 0.3) is 5.91 Å². The number of hydrogen-bond donors (Lipinski definition) is 3. The zero-order valence-electron chi connectivity index (χ0n) is 17.6. The third-order valence-corrected chi connectivity index (χ3v) is 5.18. The molecular formula is C22H24Cl3N3O3S. The molecule has 0 saturated heterocycles. The summed E-state index contributed by atoms with van der Waals surface area (Å²) in [7, 11) is 0. The molecule has 0 aromatic heterocycles. The van der Waals surface area contributed by atoms with E-state index in [0.717, 1.165) is 18.4 Å². The summed E-state index contributed by atoms with van der Waals surface area (Å²) < 4.78 is 3.30. The molecule has 0 aliphatic rings. The lowest BCUT2D eigenvalue weighted by atomic mass is 10.1. The van der Waals surface area contributed by atoms with E-state index >= 15 is 0 Å². The first-order chi connectivity index (χ1) is 15.1. The summed E-state index contributed by atoms with van der Waals surface area (Å²) in [4.78, 5) is 24.5. The van der Waals surface area contributed by atoms with E-state index in [1.807, 2.05) is 26.0 Å². The molecule has 0 spiro atoms. The Balaban J connectivity index is 1.97. The number of carbonyl (C=O) groups is 2. The van der Waals surface area contributed by atoms with Crippen molar-refractivity contribution in [1.29, 1.82) is 0 Å². The number of amides is 1. The van der Waals surface area contributed by atoms with E-state index in [-0.39, 0.29) is 11.1 Å². The van der Waals surface area contributed by atoms with Gasteiger partial charge >= 0.3 is 5.97 Å². The van der Waals surface area contributed by atoms with Crippen LogP contribution in [0.25, 0.3) is 0 Å². The van der Waals surface area contributed by atoms with Crippen LogP contribution in [0.4, 0.5) is 5.69 Å². The fourth-order valence-corrected chi connectivity index (χ4v) is 3.06. The van der Waals surface area contributed by atoms with Crippen molar-refractivity contribution >= 4 is 69.7 Å². The first-order valence-corrected chi connectivity index (χ1v) is 11.4. The van der Waals surface area contributed by atoms with Crippen LogP contribution in [-0.2, 0) is 4.74 Å². The summed E-state index contributed by atoms with van der Waals surface area (Å²) >= 11 is 23.4. The van der Waals surface area contributed by atoms with Gasteiger partial charge in [0.2, 0.25) is 3.79 Å². The Bertz CT molecular complexity index is 932. The number of nitrogens with one attached hydrogen (secondary N) is 3. The predicted octanol–water partition coefficient (Wildman–Crippen LogP) is 5.36. The van der Waals surface area contributed by atoms with E-state index in [9.17, 15) is 9.59 Å². The van der Waals surface area contributed by atoms with Crippen LogP contribution >= 0.6 is 47.0 Å². The zero-order chi connectivity index (χ0) is 23.7. The Morgan fingerprint density at radius 1 is 1.00 bits per heavy atom. The summed E-state index contributed by atoms with van der Waals surface area (Å²) in [6.07, 6.45) is 0.659. The number of ether oxygens (including phenoxy) is 1. The van der Waals surface area contributed by atoms with Crippen LogP contribution in [0.3, 0.4) is 0 Å². The second kappa shape index (κ2) is 12.3. The predicted molar refractivity (Wildman–Crippen MR) is 134 cm³/mol. The van der Waals surface area contributed by atoms with Crippen LogP contribution in [-0.4, -0.2) is 33.6 Å². The molecule has 2 aromatic rings. The van der Waals surface area contributed by atoms with Crippen LogP contribution in [0.2, 0.25) is 0 Å². The van der Waals surface area contributed by atoms with Crippen LogP contribution in [0.15, 0.2) is 48.5 Å². The van der Waals surface area contributed by atoms with Gasteiger partial charge in [-0.2, -0.15) is 0 Å². The van der Waals surface area contributed by atoms with Gasteiger partial charge in [0.15, 0.2) is 5.11 Å². The number of hydrogen-bond acceptors (Lipinski definition) is 4. The van der Waals surface area contributed by atoms with E-state index in [0.29, 0.717) is 23.4 Å². The van der Waals surface area contributed by atoms with E-state index in [1.54, 1.807) is 36.4 Å². The smallest absolute Gasteiger partial charge is 0.338 e. The molecule has 1 atom stereocenters. The number of halogens is 3. The maximum Gasteiger partial charge on any atom is 0.338 e. The van der Waals surface area contributed by atoms with Crippen LogP contribution < -0.4 is 16.0 Å². The number of carbonyl (C=O) groups excluding carboxylic acids is 2. The number of esters is 1. The summed E-state index contributed by atoms with van der Waals surface area (Å²) in [6, 6.07) is 13.5. The third kappa shape index (κ3) is 8.47. The molecule has 0 aliphatic carbocycles. The molecule has 2 aromatic carbocycles. The van der Waals surface area contributed by atoms with Crippen molar-refractivity contribution in [2.45, 2.75) is 36.6 Å². The Morgan fingerprint density at radius 3 is 2.16 bits per heavy atom. The lowest BCUT2D eigenvalue weighted by Crippen LogP contribution is -2.56. The Hall–Kier alpha value is -2.06. The Kier molecular flexibility index (Phi) is 10.0. The molecule has 172 valence electrons. The first kappa shape index (κ1) is 26.2. The molecule has 3 N–H and O–H groups in total. The van der Waals surface area contributed by atoms with E-state index in [1.165, 1.54) is 0 Å². The molecule has 32 heavy (non-hydrogen) atoms. The monoisotopic (exact) mass is 515 g/mol. The summed E-state index contributed by atoms with van der Waals surface area (Å²) in [6.45, 7) is 4.32. The molecule has 10 heteroatoms. The standard InChI is InChI=1S/C22H24Cl3N3O3S/c1-3-4-13-31-19(30)16-9-11-17(12-10-16)26-21(32)28-20(22(23,24)25)27-18(29)15-7-5-14(2)6-8-15/h5-12,20H,3-4,13H2,1-2H3,(H,27,29)(H2,26,28,32). The molecule has 0 saturated carbocycles. The second-order valence-corrected chi connectivity index (χ2v) is 9.76. The molecule has 0 aliphatic heterocycles. The van der Waals surface area contributed by atoms with Gasteiger partial charge in [-0.25, -0.2) is 4.79 Å². The maximum atomic E-state index is 12.5. The van der Waals surface area contributed by atoms with Gasteiger partial charge in [-0.15, -0.1) is 0 Å². The number of benzene rings is 2.